The minimum absolute atomic E-state index is 0.544. The average molecular weight is 866 g/mol. The summed E-state index contributed by atoms with van der Waals surface area (Å²) >= 11 is 0. The van der Waals surface area contributed by atoms with Crippen molar-refractivity contribution >= 4 is 21.9 Å². The summed E-state index contributed by atoms with van der Waals surface area (Å²) in [5.41, 5.74) is 20.3. The summed E-state index contributed by atoms with van der Waals surface area (Å²) in [7, 11) is 0. The van der Waals surface area contributed by atoms with Crippen molar-refractivity contribution in [3.05, 3.63) is 259 Å². The number of benzene rings is 10. The van der Waals surface area contributed by atoms with Crippen LogP contribution >= 0.6 is 0 Å². The third kappa shape index (κ3) is 5.71. The molecule has 2 aliphatic carbocycles. The van der Waals surface area contributed by atoms with Crippen molar-refractivity contribution in [2.24, 2.45) is 0 Å². The fraction of sp³-hybridized carbons (Fsp3) is 0.0156. The lowest BCUT2D eigenvalue weighted by atomic mass is 9.66. The molecule has 10 aromatic carbocycles. The molecule has 2 heterocycles. The van der Waals surface area contributed by atoms with Gasteiger partial charge in [-0.1, -0.05) is 200 Å². The quantitative estimate of drug-likeness (QED) is 0.173. The normalized spacial score (nSPS) is 12.8. The molecule has 2 aromatic heterocycles. The zero-order valence-corrected chi connectivity index (χ0v) is 36.8. The summed E-state index contributed by atoms with van der Waals surface area (Å²) in [5, 5.41) is 2.07. The van der Waals surface area contributed by atoms with E-state index >= 15 is 0 Å². The van der Waals surface area contributed by atoms with Gasteiger partial charge in [0.15, 0.2) is 17.5 Å². The summed E-state index contributed by atoms with van der Waals surface area (Å²) in [6.07, 6.45) is 0. The van der Waals surface area contributed by atoms with Crippen molar-refractivity contribution in [3.8, 4) is 89.8 Å². The third-order valence-corrected chi connectivity index (χ3v) is 14.2. The number of furan rings is 1. The lowest BCUT2D eigenvalue weighted by Crippen LogP contribution is -2.29. The van der Waals surface area contributed by atoms with E-state index in [1.54, 1.807) is 0 Å². The van der Waals surface area contributed by atoms with Crippen molar-refractivity contribution in [3.63, 3.8) is 0 Å². The lowest BCUT2D eigenvalue weighted by molar-refractivity contribution is 0.669. The molecule has 68 heavy (non-hydrogen) atoms. The smallest absolute Gasteiger partial charge is 0.167 e. The highest BCUT2D eigenvalue weighted by atomic mass is 16.3. The molecule has 0 bridgehead atoms. The average Bonchev–Trinajstić information content (AvgIpc) is 3.91. The zero-order valence-electron chi connectivity index (χ0n) is 36.8. The van der Waals surface area contributed by atoms with E-state index in [0.29, 0.717) is 17.5 Å². The summed E-state index contributed by atoms with van der Waals surface area (Å²) in [6.45, 7) is 0. The number of nitrogens with zero attached hydrogens (tertiary/aromatic N) is 3. The molecule has 2 aliphatic rings. The standard InChI is InChI=1S/C64H39N3O/c1-3-18-40(19-4-1)43-36-44(41-20-5-2-6-21-41)38-45(37-43)62-65-61(66-63(67-62)53-29-17-28-52-51-27-12-16-33-59(51)68-60(52)53)42-34-35-58-54(39-42)50-26-11-15-32-57(50)64(58)55-30-13-9-24-48(55)46-22-7-8-23-47(46)49-25-10-14-31-56(49)64/h1-39H. The van der Waals surface area contributed by atoms with Crippen LogP contribution in [0.1, 0.15) is 22.3 Å². The molecule has 0 amide bonds. The monoisotopic (exact) mass is 865 g/mol. The highest BCUT2D eigenvalue weighted by Gasteiger charge is 2.49. The molecule has 0 saturated heterocycles. The van der Waals surface area contributed by atoms with Crippen molar-refractivity contribution < 1.29 is 4.42 Å². The van der Waals surface area contributed by atoms with Gasteiger partial charge in [-0.15, -0.1) is 0 Å². The van der Waals surface area contributed by atoms with Gasteiger partial charge in [-0.2, -0.15) is 0 Å². The van der Waals surface area contributed by atoms with Gasteiger partial charge in [-0.05, 0) is 114 Å². The highest BCUT2D eigenvalue weighted by Crippen LogP contribution is 2.61. The molecule has 0 unspecified atom stereocenters. The number of rotatable bonds is 5. The Morgan fingerprint density at radius 1 is 0.265 bits per heavy atom. The molecule has 4 heteroatoms. The van der Waals surface area contributed by atoms with Crippen molar-refractivity contribution in [2.45, 2.75) is 5.41 Å². The summed E-state index contributed by atoms with van der Waals surface area (Å²) in [5.74, 6) is 1.71. The van der Waals surface area contributed by atoms with E-state index in [4.69, 9.17) is 19.4 Å². The maximum atomic E-state index is 6.64. The predicted octanol–water partition coefficient (Wildman–Crippen LogP) is 16.1. The van der Waals surface area contributed by atoms with Crippen LogP contribution in [0.15, 0.2) is 241 Å². The molecule has 1 spiro atoms. The Balaban J connectivity index is 1.03. The van der Waals surface area contributed by atoms with Crippen LogP contribution in [-0.2, 0) is 5.41 Å². The molecular weight excluding hydrogens is 827 g/mol. The minimum atomic E-state index is -0.589. The molecule has 316 valence electrons. The first-order chi connectivity index (χ1) is 33.7. The molecule has 14 rings (SSSR count). The van der Waals surface area contributed by atoms with Crippen molar-refractivity contribution in [1.29, 1.82) is 0 Å². The van der Waals surface area contributed by atoms with E-state index in [9.17, 15) is 0 Å². The molecule has 0 N–H and O–H groups in total. The number of para-hydroxylation sites is 2. The molecule has 0 saturated carbocycles. The van der Waals surface area contributed by atoms with Gasteiger partial charge in [0.2, 0.25) is 0 Å². The summed E-state index contributed by atoms with van der Waals surface area (Å²) < 4.78 is 6.64. The second-order valence-electron chi connectivity index (χ2n) is 17.8. The molecular formula is C64H39N3O. The molecule has 12 aromatic rings. The Kier molecular flexibility index (Phi) is 8.46. The van der Waals surface area contributed by atoms with Gasteiger partial charge in [0.1, 0.15) is 11.2 Å². The second-order valence-corrected chi connectivity index (χ2v) is 17.8. The van der Waals surface area contributed by atoms with Gasteiger partial charge in [-0.3, -0.25) is 0 Å². The molecule has 0 atom stereocenters. The van der Waals surface area contributed by atoms with E-state index in [0.717, 1.165) is 66.4 Å². The van der Waals surface area contributed by atoms with Crippen molar-refractivity contribution in [2.75, 3.05) is 0 Å². The van der Waals surface area contributed by atoms with Gasteiger partial charge in [0.25, 0.3) is 0 Å². The predicted molar refractivity (Wildman–Crippen MR) is 276 cm³/mol. The van der Waals surface area contributed by atoms with E-state index < -0.39 is 5.41 Å². The van der Waals surface area contributed by atoms with Crippen LogP contribution in [-0.4, -0.2) is 15.0 Å². The number of aromatic nitrogens is 3. The molecule has 4 nitrogen and oxygen atoms in total. The van der Waals surface area contributed by atoms with E-state index in [-0.39, 0.29) is 0 Å². The van der Waals surface area contributed by atoms with Crippen LogP contribution in [0, 0.1) is 0 Å². The summed E-state index contributed by atoms with van der Waals surface area (Å²) in [6, 6.07) is 84.8. The number of hydrogen-bond acceptors (Lipinski definition) is 4. The Bertz CT molecular complexity index is 3860. The molecule has 0 radical (unpaired) electrons. The van der Waals surface area contributed by atoms with Crippen LogP contribution < -0.4 is 0 Å². The van der Waals surface area contributed by atoms with Crippen LogP contribution in [0.4, 0.5) is 0 Å². The van der Waals surface area contributed by atoms with Crippen LogP contribution in [0.2, 0.25) is 0 Å². The van der Waals surface area contributed by atoms with Crippen molar-refractivity contribution in [1.82, 2.24) is 15.0 Å². The van der Waals surface area contributed by atoms with Gasteiger partial charge in [0, 0.05) is 21.9 Å². The second kappa shape index (κ2) is 15.0. The van der Waals surface area contributed by atoms with Gasteiger partial charge in [-0.25, -0.2) is 15.0 Å². The van der Waals surface area contributed by atoms with E-state index in [1.165, 1.54) is 50.1 Å². The zero-order chi connectivity index (χ0) is 44.8. The van der Waals surface area contributed by atoms with Gasteiger partial charge < -0.3 is 4.42 Å². The SMILES string of the molecule is c1ccc(-c2cc(-c3ccccc3)cc(-c3nc(-c4ccc5c(c4)-c4ccccc4C54c5ccccc5-c5ccccc5-c5ccccc54)nc(-c4cccc5c4oc4ccccc45)n3)c2)cc1. The van der Waals surface area contributed by atoms with Crippen LogP contribution in [0.3, 0.4) is 0 Å². The Morgan fingerprint density at radius 3 is 1.32 bits per heavy atom. The highest BCUT2D eigenvalue weighted by molar-refractivity contribution is 6.09. The first-order valence-corrected chi connectivity index (χ1v) is 23.2. The van der Waals surface area contributed by atoms with E-state index in [2.05, 4.69) is 218 Å². The van der Waals surface area contributed by atoms with E-state index in [1.807, 2.05) is 18.2 Å². The fourth-order valence-corrected chi connectivity index (χ4v) is 11.2. The maximum Gasteiger partial charge on any atom is 0.167 e. The molecule has 0 fully saturated rings. The topological polar surface area (TPSA) is 51.8 Å². The first-order valence-electron chi connectivity index (χ1n) is 23.2. The Hall–Kier alpha value is -8.99. The number of hydrogen-bond donors (Lipinski definition) is 0. The third-order valence-electron chi connectivity index (χ3n) is 14.2. The minimum Gasteiger partial charge on any atom is -0.455 e. The lowest BCUT2D eigenvalue weighted by Gasteiger charge is -2.35. The molecule has 0 aliphatic heterocycles. The first kappa shape index (κ1) is 38.3. The van der Waals surface area contributed by atoms with Crippen LogP contribution in [0.5, 0.6) is 0 Å². The maximum absolute atomic E-state index is 6.64. The van der Waals surface area contributed by atoms with Gasteiger partial charge >= 0.3 is 0 Å². The summed E-state index contributed by atoms with van der Waals surface area (Å²) in [4.78, 5) is 16.2. The fourth-order valence-electron chi connectivity index (χ4n) is 11.2. The Labute approximate surface area is 393 Å². The van der Waals surface area contributed by atoms with Gasteiger partial charge in [0.05, 0.1) is 11.0 Å². The Morgan fingerprint density at radius 2 is 0.706 bits per heavy atom. The van der Waals surface area contributed by atoms with Crippen LogP contribution in [0.25, 0.3) is 112 Å². The largest absolute Gasteiger partial charge is 0.455 e. The number of fused-ring (bicyclic) bond motifs is 15.